The monoisotopic (exact) mass is 519 g/mol. The molecule has 1 aromatic heterocycles. The maximum atomic E-state index is 5.13. The Balaban J connectivity index is 1.49. The molecule has 1 heteroatoms. The van der Waals surface area contributed by atoms with Crippen LogP contribution in [0.15, 0.2) is 115 Å². The van der Waals surface area contributed by atoms with E-state index in [4.69, 9.17) is 4.98 Å². The van der Waals surface area contributed by atoms with E-state index in [9.17, 15) is 0 Å². The van der Waals surface area contributed by atoms with Gasteiger partial charge in [-0.2, -0.15) is 0 Å². The van der Waals surface area contributed by atoms with Crippen LogP contribution >= 0.6 is 0 Å². The van der Waals surface area contributed by atoms with E-state index < -0.39 is 0 Å². The van der Waals surface area contributed by atoms with Gasteiger partial charge in [-0.25, -0.2) is 4.98 Å². The topological polar surface area (TPSA) is 12.9 Å². The van der Waals surface area contributed by atoms with Crippen LogP contribution in [0, 0.1) is 0 Å². The second kappa shape index (κ2) is 11.9. The molecule has 5 aromatic carbocycles. The minimum Gasteiger partial charge on any atom is -0.248 e. The third kappa shape index (κ3) is 5.42. The summed E-state index contributed by atoms with van der Waals surface area (Å²) in [5.74, 6) is 0. The van der Waals surface area contributed by atoms with E-state index in [-0.39, 0.29) is 0 Å². The zero-order chi connectivity index (χ0) is 27.3. The lowest BCUT2D eigenvalue weighted by Gasteiger charge is -2.14. The van der Waals surface area contributed by atoms with Crippen LogP contribution in [0.3, 0.4) is 0 Å². The summed E-state index contributed by atoms with van der Waals surface area (Å²) in [6.45, 7) is 4.50. The van der Waals surface area contributed by atoms with Crippen molar-refractivity contribution in [2.75, 3.05) is 0 Å². The lowest BCUT2D eigenvalue weighted by molar-refractivity contribution is 0.795. The van der Waals surface area contributed by atoms with E-state index in [1.165, 1.54) is 81.0 Å². The fourth-order valence-corrected chi connectivity index (χ4v) is 5.71. The molecular weight excluding hydrogens is 482 g/mol. The standard InChI is InChI=1S/C39H37N/c1-3-5-10-28-14-18-30(19-15-28)33-22-24-37-35(26-33)39(32-12-8-7-9-13-32)36-27-34(23-25-38(36)40-37)31-20-16-29(17-21-31)11-6-4-2/h7-9,12-27H,3-6,10-11H2,1-2H3. The summed E-state index contributed by atoms with van der Waals surface area (Å²) in [6, 6.07) is 42.5. The Hall–Kier alpha value is -4.23. The largest absolute Gasteiger partial charge is 0.248 e. The second-order valence-corrected chi connectivity index (χ2v) is 10.9. The number of aryl methyl sites for hydroxylation is 2. The van der Waals surface area contributed by atoms with Crippen LogP contribution in [0.25, 0.3) is 55.2 Å². The van der Waals surface area contributed by atoms with Crippen molar-refractivity contribution >= 4 is 21.8 Å². The summed E-state index contributed by atoms with van der Waals surface area (Å²) < 4.78 is 0. The first-order chi connectivity index (χ1) is 19.7. The van der Waals surface area contributed by atoms with E-state index in [1.807, 2.05) is 0 Å². The molecule has 0 spiro atoms. The third-order valence-corrected chi connectivity index (χ3v) is 8.05. The summed E-state index contributed by atoms with van der Waals surface area (Å²) in [5, 5.41) is 2.39. The number of hydrogen-bond acceptors (Lipinski definition) is 1. The van der Waals surface area contributed by atoms with Crippen LogP contribution in [0.1, 0.15) is 50.7 Å². The molecule has 0 fully saturated rings. The Kier molecular flexibility index (Phi) is 7.73. The number of benzene rings is 5. The molecule has 40 heavy (non-hydrogen) atoms. The van der Waals surface area contributed by atoms with Gasteiger partial charge in [0.25, 0.3) is 0 Å². The smallest absolute Gasteiger partial charge is 0.0716 e. The average molecular weight is 520 g/mol. The van der Waals surface area contributed by atoms with Crippen molar-refractivity contribution in [2.24, 2.45) is 0 Å². The van der Waals surface area contributed by atoms with Gasteiger partial charge in [0, 0.05) is 16.3 Å². The number of pyridine rings is 1. The highest BCUT2D eigenvalue weighted by atomic mass is 14.7. The molecule has 6 rings (SSSR count). The molecule has 6 aromatic rings. The maximum absolute atomic E-state index is 5.13. The first kappa shape index (κ1) is 26.0. The summed E-state index contributed by atoms with van der Waals surface area (Å²) in [6.07, 6.45) is 7.21. The first-order valence-corrected chi connectivity index (χ1v) is 14.8. The second-order valence-electron chi connectivity index (χ2n) is 10.9. The maximum Gasteiger partial charge on any atom is 0.0716 e. The molecule has 198 valence electrons. The van der Waals surface area contributed by atoms with Crippen molar-refractivity contribution in [3.63, 3.8) is 0 Å². The summed E-state index contributed by atoms with van der Waals surface area (Å²) >= 11 is 0. The number of rotatable bonds is 9. The number of hydrogen-bond donors (Lipinski definition) is 0. The van der Waals surface area contributed by atoms with Gasteiger partial charge in [-0.1, -0.05) is 118 Å². The van der Waals surface area contributed by atoms with E-state index in [2.05, 4.69) is 129 Å². The van der Waals surface area contributed by atoms with Gasteiger partial charge < -0.3 is 0 Å². The minimum absolute atomic E-state index is 1.03. The van der Waals surface area contributed by atoms with Crippen molar-refractivity contribution in [1.82, 2.24) is 4.98 Å². The zero-order valence-electron chi connectivity index (χ0n) is 23.7. The molecule has 0 unspecified atom stereocenters. The van der Waals surface area contributed by atoms with Gasteiger partial charge in [0.1, 0.15) is 0 Å². The van der Waals surface area contributed by atoms with Gasteiger partial charge in [0.05, 0.1) is 11.0 Å². The van der Waals surface area contributed by atoms with E-state index >= 15 is 0 Å². The number of nitrogens with zero attached hydrogens (tertiary/aromatic N) is 1. The molecule has 0 bridgehead atoms. The SMILES string of the molecule is CCCCc1ccc(-c2ccc3nc4ccc(-c5ccc(CCCC)cc5)cc4c(-c4ccccc4)c3c2)cc1. The predicted octanol–water partition coefficient (Wildman–Crippen LogP) is 11.1. The van der Waals surface area contributed by atoms with Crippen molar-refractivity contribution in [3.05, 3.63) is 126 Å². The third-order valence-electron chi connectivity index (χ3n) is 8.05. The van der Waals surface area contributed by atoms with Crippen molar-refractivity contribution in [1.29, 1.82) is 0 Å². The normalized spacial score (nSPS) is 11.3. The van der Waals surface area contributed by atoms with Crippen LogP contribution in [0.4, 0.5) is 0 Å². The highest BCUT2D eigenvalue weighted by Gasteiger charge is 2.14. The van der Waals surface area contributed by atoms with Gasteiger partial charge in [-0.15, -0.1) is 0 Å². The highest BCUT2D eigenvalue weighted by molar-refractivity contribution is 6.11. The molecule has 1 heterocycles. The molecule has 0 atom stereocenters. The minimum atomic E-state index is 1.03. The Labute approximate surface area is 238 Å². The molecule has 0 N–H and O–H groups in total. The predicted molar refractivity (Wildman–Crippen MR) is 173 cm³/mol. The summed E-state index contributed by atoms with van der Waals surface area (Å²) in [4.78, 5) is 5.13. The lowest BCUT2D eigenvalue weighted by Crippen LogP contribution is -1.92. The van der Waals surface area contributed by atoms with Gasteiger partial charge in [0.15, 0.2) is 0 Å². The first-order valence-electron chi connectivity index (χ1n) is 14.8. The quantitative estimate of drug-likeness (QED) is 0.173. The Morgan fingerprint density at radius 1 is 0.450 bits per heavy atom. The van der Waals surface area contributed by atoms with Crippen molar-refractivity contribution in [3.8, 4) is 33.4 Å². The van der Waals surface area contributed by atoms with Gasteiger partial charge in [0.2, 0.25) is 0 Å². The van der Waals surface area contributed by atoms with Gasteiger partial charge in [-0.05, 0) is 88.9 Å². The van der Waals surface area contributed by atoms with Crippen LogP contribution in [-0.2, 0) is 12.8 Å². The molecule has 0 aliphatic carbocycles. The number of fused-ring (bicyclic) bond motifs is 2. The van der Waals surface area contributed by atoms with Crippen LogP contribution < -0.4 is 0 Å². The molecule has 0 aliphatic rings. The fourth-order valence-electron chi connectivity index (χ4n) is 5.71. The molecular formula is C39H37N. The van der Waals surface area contributed by atoms with Crippen molar-refractivity contribution in [2.45, 2.75) is 52.4 Å². The molecule has 1 nitrogen and oxygen atoms in total. The Morgan fingerprint density at radius 3 is 1.35 bits per heavy atom. The van der Waals surface area contributed by atoms with E-state index in [0.29, 0.717) is 0 Å². The fraction of sp³-hybridized carbons (Fsp3) is 0.205. The average Bonchev–Trinajstić information content (AvgIpc) is 3.02. The van der Waals surface area contributed by atoms with Gasteiger partial charge in [-0.3, -0.25) is 0 Å². The van der Waals surface area contributed by atoms with Crippen LogP contribution in [0.2, 0.25) is 0 Å². The highest BCUT2D eigenvalue weighted by Crippen LogP contribution is 2.38. The van der Waals surface area contributed by atoms with Crippen LogP contribution in [-0.4, -0.2) is 4.98 Å². The molecule has 0 amide bonds. The lowest BCUT2D eigenvalue weighted by atomic mass is 9.92. The molecule has 0 saturated carbocycles. The van der Waals surface area contributed by atoms with E-state index in [0.717, 1.165) is 23.9 Å². The summed E-state index contributed by atoms with van der Waals surface area (Å²) in [7, 11) is 0. The Morgan fingerprint density at radius 2 is 0.900 bits per heavy atom. The van der Waals surface area contributed by atoms with Crippen LogP contribution in [0.5, 0.6) is 0 Å². The van der Waals surface area contributed by atoms with Gasteiger partial charge >= 0.3 is 0 Å². The number of unbranched alkanes of at least 4 members (excludes halogenated alkanes) is 2. The number of aromatic nitrogens is 1. The van der Waals surface area contributed by atoms with Crippen molar-refractivity contribution < 1.29 is 0 Å². The zero-order valence-corrected chi connectivity index (χ0v) is 23.7. The summed E-state index contributed by atoms with van der Waals surface area (Å²) in [5.41, 5.74) is 12.3. The Bertz CT molecular complexity index is 1620. The van der Waals surface area contributed by atoms with E-state index in [1.54, 1.807) is 0 Å². The molecule has 0 radical (unpaired) electrons. The molecule has 0 saturated heterocycles. The molecule has 0 aliphatic heterocycles.